The second kappa shape index (κ2) is 11.1. The summed E-state index contributed by atoms with van der Waals surface area (Å²) in [4.78, 5) is 47.8. The summed E-state index contributed by atoms with van der Waals surface area (Å²) >= 11 is 0. The van der Waals surface area contributed by atoms with E-state index in [1.165, 1.54) is 4.90 Å². The van der Waals surface area contributed by atoms with Crippen LogP contribution in [0.15, 0.2) is 55.6 Å². The number of aliphatic hydroxyl groups excluding tert-OH is 1. The first-order valence-corrected chi connectivity index (χ1v) is 14.3. The summed E-state index contributed by atoms with van der Waals surface area (Å²) in [5.74, 6) is -2.25. The SMILES string of the molecule is C=CCN(C(=O)[C@@H]1[C@@H]2CCC3(O2)C(C(=O)N(CC=C)C(C)(C)CC(C)(C)C)N(CCO)C(=O)[C@H]13)c1ccccc1. The maximum Gasteiger partial charge on any atom is 0.249 e. The Morgan fingerprint density at radius 2 is 1.75 bits per heavy atom. The fourth-order valence-electron chi connectivity index (χ4n) is 7.61. The van der Waals surface area contributed by atoms with Gasteiger partial charge in [0, 0.05) is 30.9 Å². The Balaban J connectivity index is 1.75. The molecule has 0 aliphatic carbocycles. The Hall–Kier alpha value is -2.97. The zero-order chi connectivity index (χ0) is 29.5. The number of ether oxygens (including phenoxy) is 1. The smallest absolute Gasteiger partial charge is 0.249 e. The topological polar surface area (TPSA) is 90.4 Å². The Morgan fingerprint density at radius 1 is 1.10 bits per heavy atom. The number of nitrogens with zero attached hydrogens (tertiary/aromatic N) is 3. The van der Waals surface area contributed by atoms with E-state index in [0.717, 1.165) is 12.1 Å². The van der Waals surface area contributed by atoms with Crippen LogP contribution in [0.4, 0.5) is 5.69 Å². The van der Waals surface area contributed by atoms with Crippen LogP contribution in [0.25, 0.3) is 0 Å². The van der Waals surface area contributed by atoms with Crippen molar-refractivity contribution < 1.29 is 24.2 Å². The van der Waals surface area contributed by atoms with Crippen LogP contribution in [0, 0.1) is 17.3 Å². The van der Waals surface area contributed by atoms with Gasteiger partial charge in [-0.15, -0.1) is 13.2 Å². The van der Waals surface area contributed by atoms with Crippen molar-refractivity contribution in [2.24, 2.45) is 17.3 Å². The number of amides is 3. The van der Waals surface area contributed by atoms with E-state index in [-0.39, 0.29) is 42.8 Å². The summed E-state index contributed by atoms with van der Waals surface area (Å²) in [6.07, 6.45) is 4.73. The Bertz CT molecular complexity index is 1140. The zero-order valence-electron chi connectivity index (χ0n) is 24.6. The van der Waals surface area contributed by atoms with Crippen molar-refractivity contribution in [1.29, 1.82) is 0 Å². The molecular formula is C32H45N3O5. The standard InChI is InChI=1S/C32H45N3O5/c1-8-17-33(22-13-11-10-12-14-22)27(37)24-23-15-16-32(40-23)25(24)28(38)34(19-20-36)26(32)29(39)35(18-9-2)31(6,7)21-30(3,4)5/h8-14,23-26,36H,1-2,15-21H2,3-7H3/t23-,24+,25-,26?,32?/m0/s1. The molecule has 2 unspecified atom stereocenters. The molecule has 5 atom stereocenters. The van der Waals surface area contributed by atoms with Gasteiger partial charge in [-0.2, -0.15) is 0 Å². The van der Waals surface area contributed by atoms with Crippen LogP contribution in [-0.4, -0.2) is 82.2 Å². The van der Waals surface area contributed by atoms with Crippen LogP contribution in [0.1, 0.15) is 53.9 Å². The van der Waals surface area contributed by atoms with Gasteiger partial charge in [-0.1, -0.05) is 51.1 Å². The first kappa shape index (κ1) is 30.0. The lowest BCUT2D eigenvalue weighted by Crippen LogP contribution is -2.61. The Labute approximate surface area is 238 Å². The monoisotopic (exact) mass is 551 g/mol. The molecule has 0 saturated carbocycles. The molecule has 3 saturated heterocycles. The number of carbonyl (C=O) groups is 3. The fraction of sp³-hybridized carbons (Fsp3) is 0.594. The molecule has 1 aromatic rings. The minimum atomic E-state index is -1.12. The predicted molar refractivity (Wildman–Crippen MR) is 155 cm³/mol. The van der Waals surface area contributed by atoms with Gasteiger partial charge in [0.1, 0.15) is 11.6 Å². The number of hydrogen-bond donors (Lipinski definition) is 1. The minimum absolute atomic E-state index is 0.000880. The zero-order valence-corrected chi connectivity index (χ0v) is 24.6. The largest absolute Gasteiger partial charge is 0.395 e. The van der Waals surface area contributed by atoms with Gasteiger partial charge in [-0.05, 0) is 50.7 Å². The van der Waals surface area contributed by atoms with Gasteiger partial charge in [0.15, 0.2) is 0 Å². The molecule has 2 bridgehead atoms. The van der Waals surface area contributed by atoms with E-state index in [4.69, 9.17) is 4.74 Å². The number of β-amino-alcohol motifs (C(OH)–C–C–N with tert-alkyl or cyclic N) is 1. The summed E-state index contributed by atoms with van der Waals surface area (Å²) in [5, 5.41) is 9.95. The second-order valence-electron chi connectivity index (χ2n) is 13.2. The number of benzene rings is 1. The lowest BCUT2D eigenvalue weighted by Gasteiger charge is -2.45. The van der Waals surface area contributed by atoms with Crippen molar-refractivity contribution in [3.05, 3.63) is 55.6 Å². The summed E-state index contributed by atoms with van der Waals surface area (Å²) in [6.45, 7) is 18.5. The maximum absolute atomic E-state index is 14.6. The van der Waals surface area contributed by atoms with E-state index in [9.17, 15) is 19.5 Å². The molecule has 0 radical (unpaired) electrons. The van der Waals surface area contributed by atoms with E-state index >= 15 is 0 Å². The number of aliphatic hydroxyl groups is 1. The molecule has 3 aliphatic rings. The van der Waals surface area contributed by atoms with Gasteiger partial charge < -0.3 is 24.5 Å². The van der Waals surface area contributed by atoms with Crippen LogP contribution >= 0.6 is 0 Å². The molecule has 1 spiro atoms. The molecule has 3 amide bonds. The number of hydrogen-bond acceptors (Lipinski definition) is 5. The molecule has 218 valence electrons. The number of carbonyl (C=O) groups excluding carboxylic acids is 3. The van der Waals surface area contributed by atoms with E-state index in [2.05, 4.69) is 33.9 Å². The highest BCUT2D eigenvalue weighted by molar-refractivity contribution is 6.03. The van der Waals surface area contributed by atoms with Gasteiger partial charge >= 0.3 is 0 Å². The van der Waals surface area contributed by atoms with Crippen LogP contribution in [0.5, 0.6) is 0 Å². The third-order valence-electron chi connectivity index (χ3n) is 8.58. The molecule has 8 nitrogen and oxygen atoms in total. The first-order valence-electron chi connectivity index (χ1n) is 14.3. The first-order chi connectivity index (χ1) is 18.8. The Morgan fingerprint density at radius 3 is 2.33 bits per heavy atom. The van der Waals surface area contributed by atoms with Crippen LogP contribution in [0.3, 0.4) is 0 Å². The van der Waals surface area contributed by atoms with Crippen molar-refractivity contribution >= 4 is 23.4 Å². The quantitative estimate of drug-likeness (QED) is 0.423. The minimum Gasteiger partial charge on any atom is -0.395 e. The van der Waals surface area contributed by atoms with Crippen LogP contribution in [-0.2, 0) is 19.1 Å². The number of para-hydroxylation sites is 1. The van der Waals surface area contributed by atoms with Crippen LogP contribution in [0.2, 0.25) is 0 Å². The highest BCUT2D eigenvalue weighted by Gasteiger charge is 2.75. The summed E-state index contributed by atoms with van der Waals surface area (Å²) in [7, 11) is 0. The number of rotatable bonds is 11. The highest BCUT2D eigenvalue weighted by Crippen LogP contribution is 2.59. The maximum atomic E-state index is 14.6. The lowest BCUT2D eigenvalue weighted by molar-refractivity contribution is -0.153. The number of fused-ring (bicyclic) bond motifs is 1. The van der Waals surface area contributed by atoms with Crippen molar-refractivity contribution in [3.63, 3.8) is 0 Å². The number of anilines is 1. The molecule has 0 aromatic heterocycles. The van der Waals surface area contributed by atoms with Gasteiger partial charge in [0.05, 0.1) is 24.5 Å². The fourth-order valence-corrected chi connectivity index (χ4v) is 7.61. The summed E-state index contributed by atoms with van der Waals surface area (Å²) in [5.41, 5.74) is -0.990. The van der Waals surface area contributed by atoms with Crippen molar-refractivity contribution in [3.8, 4) is 0 Å². The van der Waals surface area contributed by atoms with Gasteiger partial charge in [0.2, 0.25) is 17.7 Å². The molecular weight excluding hydrogens is 506 g/mol. The molecule has 4 rings (SSSR count). The Kier molecular flexibility index (Phi) is 8.35. The average molecular weight is 552 g/mol. The van der Waals surface area contributed by atoms with E-state index in [1.54, 1.807) is 22.0 Å². The van der Waals surface area contributed by atoms with E-state index in [0.29, 0.717) is 19.4 Å². The van der Waals surface area contributed by atoms with E-state index < -0.39 is 35.1 Å². The number of likely N-dealkylation sites (tertiary alicyclic amines) is 1. The van der Waals surface area contributed by atoms with Gasteiger partial charge in [-0.3, -0.25) is 14.4 Å². The molecule has 3 aliphatic heterocycles. The molecule has 8 heteroatoms. The van der Waals surface area contributed by atoms with Crippen LogP contribution < -0.4 is 4.90 Å². The molecule has 3 fully saturated rings. The highest BCUT2D eigenvalue weighted by atomic mass is 16.5. The average Bonchev–Trinajstić information content (AvgIpc) is 3.52. The third-order valence-corrected chi connectivity index (χ3v) is 8.58. The molecule has 3 heterocycles. The molecule has 40 heavy (non-hydrogen) atoms. The molecule has 1 N–H and O–H groups in total. The van der Waals surface area contributed by atoms with Crippen molar-refractivity contribution in [2.75, 3.05) is 31.1 Å². The molecule has 1 aromatic carbocycles. The predicted octanol–water partition coefficient (Wildman–Crippen LogP) is 3.80. The second-order valence-corrected chi connectivity index (χ2v) is 13.2. The summed E-state index contributed by atoms with van der Waals surface area (Å²) in [6, 6.07) is 8.40. The van der Waals surface area contributed by atoms with Crippen molar-refractivity contribution in [1.82, 2.24) is 9.80 Å². The van der Waals surface area contributed by atoms with Gasteiger partial charge in [-0.25, -0.2) is 0 Å². The lowest BCUT2D eigenvalue weighted by atomic mass is 9.70. The van der Waals surface area contributed by atoms with E-state index in [1.807, 2.05) is 44.2 Å². The normalized spacial score (nSPS) is 27.4. The van der Waals surface area contributed by atoms with Gasteiger partial charge in [0.25, 0.3) is 0 Å². The van der Waals surface area contributed by atoms with Crippen molar-refractivity contribution in [2.45, 2.75) is 77.2 Å². The summed E-state index contributed by atoms with van der Waals surface area (Å²) < 4.78 is 6.61. The third kappa shape index (κ3) is 5.12.